The minimum atomic E-state index is -0.142. The molecule has 2 aromatic rings. The van der Waals surface area contributed by atoms with Gasteiger partial charge in [-0.05, 0) is 31.5 Å². The van der Waals surface area contributed by atoms with Gasteiger partial charge < -0.3 is 16.0 Å². The third kappa shape index (κ3) is 4.29. The number of likely N-dealkylation sites (N-methyl/N-ethyl adjacent to an activating group) is 1. The van der Waals surface area contributed by atoms with Crippen molar-refractivity contribution in [2.45, 2.75) is 20.4 Å². The van der Waals surface area contributed by atoms with Gasteiger partial charge in [-0.2, -0.15) is 0 Å². The number of nitrogens with two attached hydrogens (primary N) is 1. The van der Waals surface area contributed by atoms with Crippen LogP contribution in [-0.4, -0.2) is 30.5 Å². The zero-order chi connectivity index (χ0) is 15.9. The normalized spacial score (nSPS) is 10.5. The number of amides is 1. The van der Waals surface area contributed by atoms with Crippen LogP contribution in [0.2, 0.25) is 0 Å². The van der Waals surface area contributed by atoms with Gasteiger partial charge in [-0.1, -0.05) is 12.1 Å². The summed E-state index contributed by atoms with van der Waals surface area (Å²) >= 11 is 1.41. The van der Waals surface area contributed by atoms with E-state index in [0.717, 1.165) is 18.1 Å². The van der Waals surface area contributed by atoms with Crippen LogP contribution < -0.4 is 16.0 Å². The number of nitrogens with one attached hydrogen (secondary N) is 1. The van der Waals surface area contributed by atoms with Crippen LogP contribution in [0.25, 0.3) is 0 Å². The van der Waals surface area contributed by atoms with Gasteiger partial charge in [0.15, 0.2) is 0 Å². The summed E-state index contributed by atoms with van der Waals surface area (Å²) in [5.74, 6) is -0.142. The molecule has 1 aromatic carbocycles. The number of carbonyl (C=O) groups is 1. The zero-order valence-corrected chi connectivity index (χ0v) is 13.8. The summed E-state index contributed by atoms with van der Waals surface area (Å²) in [7, 11) is 0. The fraction of sp³-hybridized carbons (Fsp3) is 0.375. The predicted octanol–water partition coefficient (Wildman–Crippen LogP) is 2.17. The first kappa shape index (κ1) is 16.5. The van der Waals surface area contributed by atoms with Crippen molar-refractivity contribution in [3.8, 4) is 0 Å². The fourth-order valence-corrected chi connectivity index (χ4v) is 2.85. The fourth-order valence-electron chi connectivity index (χ4n) is 2.20. The lowest BCUT2D eigenvalue weighted by Crippen LogP contribution is -2.35. The van der Waals surface area contributed by atoms with E-state index in [9.17, 15) is 4.79 Å². The van der Waals surface area contributed by atoms with Gasteiger partial charge in [0, 0.05) is 37.2 Å². The second kappa shape index (κ2) is 7.91. The number of aromatic nitrogens is 1. The van der Waals surface area contributed by atoms with E-state index in [2.05, 4.69) is 53.3 Å². The van der Waals surface area contributed by atoms with Crippen LogP contribution in [0.4, 0.5) is 5.69 Å². The Morgan fingerprint density at radius 3 is 2.91 bits per heavy atom. The molecule has 3 N–H and O–H groups in total. The van der Waals surface area contributed by atoms with Crippen molar-refractivity contribution in [2.24, 2.45) is 5.73 Å². The Labute approximate surface area is 135 Å². The molecule has 0 aliphatic carbocycles. The van der Waals surface area contributed by atoms with Crippen molar-refractivity contribution in [1.82, 2.24) is 10.3 Å². The summed E-state index contributed by atoms with van der Waals surface area (Å²) < 4.78 is 0. The molecule has 1 aromatic heterocycles. The first-order valence-electron chi connectivity index (χ1n) is 7.38. The summed E-state index contributed by atoms with van der Waals surface area (Å²) in [5.41, 5.74) is 8.37. The van der Waals surface area contributed by atoms with Crippen molar-refractivity contribution >= 4 is 22.9 Å². The van der Waals surface area contributed by atoms with Crippen molar-refractivity contribution in [3.63, 3.8) is 0 Å². The van der Waals surface area contributed by atoms with E-state index < -0.39 is 0 Å². The predicted molar refractivity (Wildman–Crippen MR) is 91.4 cm³/mol. The summed E-state index contributed by atoms with van der Waals surface area (Å²) in [6, 6.07) is 8.37. The molecule has 118 valence electrons. The molecule has 0 radical (unpaired) electrons. The molecule has 0 aliphatic rings. The maximum Gasteiger partial charge on any atom is 0.270 e. The van der Waals surface area contributed by atoms with E-state index in [0.29, 0.717) is 18.8 Å². The first-order chi connectivity index (χ1) is 10.6. The Morgan fingerprint density at radius 1 is 1.45 bits per heavy atom. The van der Waals surface area contributed by atoms with Crippen LogP contribution >= 0.6 is 11.3 Å². The Kier molecular flexibility index (Phi) is 5.91. The van der Waals surface area contributed by atoms with E-state index in [1.165, 1.54) is 22.6 Å². The molecule has 0 bridgehead atoms. The molecule has 0 spiro atoms. The number of anilines is 1. The Morgan fingerprint density at radius 2 is 2.27 bits per heavy atom. The largest absolute Gasteiger partial charge is 0.370 e. The number of benzene rings is 1. The molecule has 0 saturated heterocycles. The molecule has 0 aliphatic heterocycles. The summed E-state index contributed by atoms with van der Waals surface area (Å²) in [6.07, 6.45) is 0. The highest BCUT2D eigenvalue weighted by molar-refractivity contribution is 7.09. The van der Waals surface area contributed by atoms with Crippen LogP contribution in [-0.2, 0) is 6.54 Å². The highest BCUT2D eigenvalue weighted by atomic mass is 32.1. The number of rotatable bonds is 7. The summed E-state index contributed by atoms with van der Waals surface area (Å²) in [4.78, 5) is 18.4. The van der Waals surface area contributed by atoms with E-state index in [1.807, 2.05) is 0 Å². The number of hydrogen-bond acceptors (Lipinski definition) is 5. The Balaban J connectivity index is 1.87. The molecule has 6 heteroatoms. The van der Waals surface area contributed by atoms with Crippen LogP contribution in [0, 0.1) is 6.92 Å². The van der Waals surface area contributed by atoms with Gasteiger partial charge in [-0.25, -0.2) is 4.98 Å². The second-order valence-corrected chi connectivity index (χ2v) is 5.95. The maximum atomic E-state index is 12.0. The SMILES string of the molecule is CCN(CCNC(=O)c1csc(CN)n1)c1cccc(C)c1. The van der Waals surface area contributed by atoms with E-state index >= 15 is 0 Å². The molecule has 22 heavy (non-hydrogen) atoms. The molecule has 0 fully saturated rings. The van der Waals surface area contributed by atoms with E-state index in [-0.39, 0.29) is 5.91 Å². The monoisotopic (exact) mass is 318 g/mol. The third-order valence-electron chi connectivity index (χ3n) is 3.37. The number of nitrogens with zero attached hydrogens (tertiary/aromatic N) is 2. The van der Waals surface area contributed by atoms with E-state index in [4.69, 9.17) is 5.73 Å². The van der Waals surface area contributed by atoms with Gasteiger partial charge in [-0.15, -0.1) is 11.3 Å². The third-order valence-corrected chi connectivity index (χ3v) is 4.25. The first-order valence-corrected chi connectivity index (χ1v) is 8.26. The maximum absolute atomic E-state index is 12.0. The number of carbonyl (C=O) groups excluding carboxylic acids is 1. The second-order valence-electron chi connectivity index (χ2n) is 5.01. The van der Waals surface area contributed by atoms with Gasteiger partial charge in [0.1, 0.15) is 10.7 Å². The average molecular weight is 318 g/mol. The molecule has 0 saturated carbocycles. The topological polar surface area (TPSA) is 71.2 Å². The number of hydrogen-bond donors (Lipinski definition) is 2. The lowest BCUT2D eigenvalue weighted by Gasteiger charge is -2.23. The van der Waals surface area contributed by atoms with Crippen LogP contribution in [0.15, 0.2) is 29.6 Å². The lowest BCUT2D eigenvalue weighted by molar-refractivity contribution is 0.0950. The van der Waals surface area contributed by atoms with Gasteiger partial charge >= 0.3 is 0 Å². The summed E-state index contributed by atoms with van der Waals surface area (Å²) in [5, 5.41) is 5.43. The van der Waals surface area contributed by atoms with Crippen LogP contribution in [0.5, 0.6) is 0 Å². The summed E-state index contributed by atoms with van der Waals surface area (Å²) in [6.45, 7) is 6.80. The van der Waals surface area contributed by atoms with Gasteiger partial charge in [0.25, 0.3) is 5.91 Å². The Hall–Kier alpha value is -1.92. The van der Waals surface area contributed by atoms with Crippen molar-refractivity contribution in [3.05, 3.63) is 45.9 Å². The van der Waals surface area contributed by atoms with Gasteiger partial charge in [0.2, 0.25) is 0 Å². The quantitative estimate of drug-likeness (QED) is 0.821. The zero-order valence-electron chi connectivity index (χ0n) is 13.0. The van der Waals surface area contributed by atoms with Crippen molar-refractivity contribution < 1.29 is 4.79 Å². The molecule has 5 nitrogen and oxygen atoms in total. The molecule has 1 heterocycles. The van der Waals surface area contributed by atoms with Crippen molar-refractivity contribution in [1.29, 1.82) is 0 Å². The Bertz CT molecular complexity index is 626. The van der Waals surface area contributed by atoms with Gasteiger partial charge in [-0.3, -0.25) is 4.79 Å². The molecular formula is C16H22N4OS. The molecule has 2 rings (SSSR count). The van der Waals surface area contributed by atoms with Crippen LogP contribution in [0.1, 0.15) is 28.0 Å². The van der Waals surface area contributed by atoms with Crippen molar-refractivity contribution in [2.75, 3.05) is 24.5 Å². The molecule has 0 unspecified atom stereocenters. The number of aryl methyl sites for hydroxylation is 1. The highest BCUT2D eigenvalue weighted by Gasteiger charge is 2.10. The minimum absolute atomic E-state index is 0.142. The van der Waals surface area contributed by atoms with E-state index in [1.54, 1.807) is 5.38 Å². The average Bonchev–Trinajstić information content (AvgIpc) is 3.00. The number of thiazole rings is 1. The standard InChI is InChI=1S/C16H22N4OS/c1-3-20(13-6-4-5-12(2)9-13)8-7-18-16(21)14-11-22-15(10-17)19-14/h4-6,9,11H,3,7-8,10,17H2,1-2H3,(H,18,21). The van der Waals surface area contributed by atoms with Gasteiger partial charge in [0.05, 0.1) is 0 Å². The molecular weight excluding hydrogens is 296 g/mol. The van der Waals surface area contributed by atoms with Crippen LogP contribution in [0.3, 0.4) is 0 Å². The molecule has 0 atom stereocenters. The smallest absolute Gasteiger partial charge is 0.270 e. The highest BCUT2D eigenvalue weighted by Crippen LogP contribution is 2.15. The molecule has 1 amide bonds. The lowest BCUT2D eigenvalue weighted by atomic mass is 10.2. The minimum Gasteiger partial charge on any atom is -0.370 e.